The van der Waals surface area contributed by atoms with Crippen LogP contribution in [0.4, 0.5) is 0 Å². The molecule has 4 heteroatoms. The Bertz CT molecular complexity index is 92.0. The SMILES string of the molecule is CC(Cl)C(C)(O)[PH+]=O. The summed E-state index contributed by atoms with van der Waals surface area (Å²) >= 11 is 5.43. The molecule has 2 nitrogen and oxygen atoms in total. The van der Waals surface area contributed by atoms with E-state index in [1.807, 2.05) is 0 Å². The van der Waals surface area contributed by atoms with Gasteiger partial charge in [0.25, 0.3) is 5.34 Å². The first-order valence-electron chi connectivity index (χ1n) is 2.26. The molecule has 0 aliphatic carbocycles. The van der Waals surface area contributed by atoms with Gasteiger partial charge in [-0.3, -0.25) is 0 Å². The second kappa shape index (κ2) is 2.77. The standard InChI is InChI=1S/C4H8ClO2P/c1-3(5)4(2,6)8-7/h3,6H,1-2H3/p+1. The monoisotopic (exact) mass is 155 g/mol. The van der Waals surface area contributed by atoms with Gasteiger partial charge in [0.2, 0.25) is 0 Å². The molecule has 0 bridgehead atoms. The molecule has 0 fully saturated rings. The molecule has 3 unspecified atom stereocenters. The summed E-state index contributed by atoms with van der Waals surface area (Å²) in [5.41, 5.74) is 0. The predicted molar refractivity (Wildman–Crippen MR) is 34.9 cm³/mol. The largest absolute Gasteiger partial charge is 0.360 e. The maximum atomic E-state index is 10.1. The third-order valence-electron chi connectivity index (χ3n) is 0.981. The average Bonchev–Trinajstić information content (AvgIpc) is 1.67. The number of hydrogen-bond donors (Lipinski definition) is 1. The Hall–Kier alpha value is 0.350. The fourth-order valence-electron chi connectivity index (χ4n) is 0.0812. The second-order valence-corrected chi connectivity index (χ2v) is 3.74. The Kier molecular flexibility index (Phi) is 2.89. The summed E-state index contributed by atoms with van der Waals surface area (Å²) in [5.74, 6) is 0. The van der Waals surface area contributed by atoms with Crippen LogP contribution in [0.25, 0.3) is 0 Å². The molecule has 0 heterocycles. The molecule has 0 aromatic carbocycles. The van der Waals surface area contributed by atoms with Crippen LogP contribution in [0.5, 0.6) is 0 Å². The molecule has 3 atom stereocenters. The fourth-order valence-corrected chi connectivity index (χ4v) is 0.377. The van der Waals surface area contributed by atoms with Gasteiger partial charge in [0.05, 0.1) is 0 Å². The third kappa shape index (κ3) is 2.08. The predicted octanol–water partition coefficient (Wildman–Crippen LogP) is 1.35. The molecule has 0 radical (unpaired) electrons. The number of halogens is 1. The summed E-state index contributed by atoms with van der Waals surface area (Å²) in [5, 5.41) is 7.29. The molecule has 0 spiro atoms. The molecule has 8 heavy (non-hydrogen) atoms. The van der Waals surface area contributed by atoms with E-state index in [1.54, 1.807) is 6.92 Å². The molecule has 0 saturated carbocycles. The quantitative estimate of drug-likeness (QED) is 0.483. The van der Waals surface area contributed by atoms with Gasteiger partial charge < -0.3 is 5.11 Å². The Balaban J connectivity index is 3.90. The first kappa shape index (κ1) is 8.35. The molecule has 1 N–H and O–H groups in total. The third-order valence-corrected chi connectivity index (χ3v) is 2.44. The van der Waals surface area contributed by atoms with Crippen molar-refractivity contribution < 1.29 is 9.67 Å². The average molecular weight is 156 g/mol. The maximum Gasteiger partial charge on any atom is 0.360 e. The van der Waals surface area contributed by atoms with Crippen LogP contribution in [0.15, 0.2) is 0 Å². The van der Waals surface area contributed by atoms with E-state index in [2.05, 4.69) is 0 Å². The van der Waals surface area contributed by atoms with Crippen LogP contribution in [0.3, 0.4) is 0 Å². The summed E-state index contributed by atoms with van der Waals surface area (Å²) in [7, 11) is -0.762. The van der Waals surface area contributed by atoms with Crippen LogP contribution in [0.2, 0.25) is 0 Å². The topological polar surface area (TPSA) is 37.3 Å². The van der Waals surface area contributed by atoms with Crippen molar-refractivity contribution in [2.24, 2.45) is 0 Å². The lowest BCUT2D eigenvalue weighted by molar-refractivity contribution is 0.150. The summed E-state index contributed by atoms with van der Waals surface area (Å²) in [4.78, 5) is 0. The van der Waals surface area contributed by atoms with Crippen molar-refractivity contribution in [1.29, 1.82) is 0 Å². The lowest BCUT2D eigenvalue weighted by Crippen LogP contribution is -2.25. The van der Waals surface area contributed by atoms with Gasteiger partial charge in [0.15, 0.2) is 0 Å². The van der Waals surface area contributed by atoms with Gasteiger partial charge in [0, 0.05) is 6.92 Å². The lowest BCUT2D eigenvalue weighted by atomic mass is 10.3. The highest BCUT2D eigenvalue weighted by Crippen LogP contribution is 2.26. The Morgan fingerprint density at radius 3 is 2.25 bits per heavy atom. The van der Waals surface area contributed by atoms with Crippen LogP contribution in [-0.2, 0) is 4.57 Å². The van der Waals surface area contributed by atoms with Crippen molar-refractivity contribution >= 4 is 20.1 Å². The first-order chi connectivity index (χ1) is 3.50. The van der Waals surface area contributed by atoms with E-state index >= 15 is 0 Å². The van der Waals surface area contributed by atoms with Crippen LogP contribution in [0, 0.1) is 0 Å². The smallest absolute Gasteiger partial charge is 0.348 e. The van der Waals surface area contributed by atoms with E-state index in [4.69, 9.17) is 16.7 Å². The van der Waals surface area contributed by atoms with E-state index in [-0.39, 0.29) is 0 Å². The molecule has 0 aliphatic heterocycles. The van der Waals surface area contributed by atoms with Gasteiger partial charge in [-0.25, -0.2) is 0 Å². The molecular weight excluding hydrogens is 146 g/mol. The van der Waals surface area contributed by atoms with E-state index < -0.39 is 19.2 Å². The first-order valence-corrected chi connectivity index (χ1v) is 3.61. The van der Waals surface area contributed by atoms with Crippen LogP contribution < -0.4 is 0 Å². The van der Waals surface area contributed by atoms with Crippen molar-refractivity contribution in [2.75, 3.05) is 0 Å². The number of rotatable bonds is 2. The summed E-state index contributed by atoms with van der Waals surface area (Å²) < 4.78 is 10.1. The minimum atomic E-state index is -1.22. The summed E-state index contributed by atoms with van der Waals surface area (Å²) in [6, 6.07) is 0. The van der Waals surface area contributed by atoms with Crippen molar-refractivity contribution in [3.8, 4) is 0 Å². The number of alkyl halides is 1. The van der Waals surface area contributed by atoms with Gasteiger partial charge in [-0.2, -0.15) is 0 Å². The lowest BCUT2D eigenvalue weighted by Gasteiger charge is -2.08. The van der Waals surface area contributed by atoms with Crippen molar-refractivity contribution in [3.05, 3.63) is 0 Å². The highest BCUT2D eigenvalue weighted by molar-refractivity contribution is 7.25. The van der Waals surface area contributed by atoms with Crippen LogP contribution in [-0.4, -0.2) is 15.8 Å². The van der Waals surface area contributed by atoms with Gasteiger partial charge in [0.1, 0.15) is 5.38 Å². The Morgan fingerprint density at radius 1 is 1.88 bits per heavy atom. The van der Waals surface area contributed by atoms with Gasteiger partial charge >= 0.3 is 8.46 Å². The molecule has 0 rings (SSSR count). The van der Waals surface area contributed by atoms with Crippen molar-refractivity contribution in [2.45, 2.75) is 24.6 Å². The molecule has 0 amide bonds. The maximum absolute atomic E-state index is 10.1. The Labute approximate surface area is 55.1 Å². The van der Waals surface area contributed by atoms with E-state index in [1.165, 1.54) is 6.92 Å². The number of hydrogen-bond acceptors (Lipinski definition) is 2. The summed E-state index contributed by atoms with van der Waals surface area (Å²) in [6.45, 7) is 3.04. The van der Waals surface area contributed by atoms with Gasteiger partial charge in [-0.1, -0.05) is 4.57 Å². The molecular formula is C4H9ClO2P+. The Morgan fingerprint density at radius 2 is 2.25 bits per heavy atom. The van der Waals surface area contributed by atoms with Crippen LogP contribution in [0.1, 0.15) is 13.8 Å². The zero-order valence-corrected chi connectivity index (χ0v) is 6.57. The second-order valence-electron chi connectivity index (χ2n) is 1.87. The van der Waals surface area contributed by atoms with Gasteiger partial charge in [-0.15, -0.1) is 11.6 Å². The van der Waals surface area contributed by atoms with Crippen molar-refractivity contribution in [3.63, 3.8) is 0 Å². The molecule has 0 aromatic heterocycles. The van der Waals surface area contributed by atoms with Gasteiger partial charge in [-0.05, 0) is 6.92 Å². The highest BCUT2D eigenvalue weighted by Gasteiger charge is 2.35. The highest BCUT2D eigenvalue weighted by atomic mass is 35.5. The minimum absolute atomic E-state index is 0.460. The zero-order valence-electron chi connectivity index (χ0n) is 4.81. The van der Waals surface area contributed by atoms with E-state index in [9.17, 15) is 4.57 Å². The molecule has 0 aromatic rings. The fraction of sp³-hybridized carbons (Fsp3) is 1.00. The van der Waals surface area contributed by atoms with E-state index in [0.717, 1.165) is 0 Å². The van der Waals surface area contributed by atoms with E-state index in [0.29, 0.717) is 0 Å². The van der Waals surface area contributed by atoms with Crippen LogP contribution >= 0.6 is 20.1 Å². The molecule has 48 valence electrons. The molecule has 0 aliphatic rings. The summed E-state index contributed by atoms with van der Waals surface area (Å²) in [6.07, 6.45) is 0. The van der Waals surface area contributed by atoms with Crippen molar-refractivity contribution in [1.82, 2.24) is 0 Å². The zero-order chi connectivity index (χ0) is 6.78. The normalized spacial score (nSPS) is 22.5. The minimum Gasteiger partial charge on any atom is -0.348 e. The molecule has 0 saturated heterocycles. The number of aliphatic hydroxyl groups is 1.